The second-order valence-electron chi connectivity index (χ2n) is 5.96. The number of anilines is 1. The number of rotatable bonds is 4. The largest absolute Gasteiger partial charge is 0.493 e. The van der Waals surface area contributed by atoms with Crippen molar-refractivity contribution in [3.63, 3.8) is 0 Å². The van der Waals surface area contributed by atoms with E-state index in [1.54, 1.807) is 43.8 Å². The molecule has 0 radical (unpaired) electrons. The number of benzene rings is 1. The van der Waals surface area contributed by atoms with Crippen LogP contribution in [0.25, 0.3) is 0 Å². The summed E-state index contributed by atoms with van der Waals surface area (Å²) in [5.74, 6) is 1.58. The van der Waals surface area contributed by atoms with E-state index in [1.165, 1.54) is 4.88 Å². The van der Waals surface area contributed by atoms with Crippen molar-refractivity contribution in [1.29, 1.82) is 0 Å². The average molecular weight is 331 g/mol. The minimum Gasteiger partial charge on any atom is -0.493 e. The fourth-order valence-electron chi connectivity index (χ4n) is 3.22. The quantitative estimate of drug-likeness (QED) is 0.868. The number of hydrogen-bond donors (Lipinski definition) is 1. The monoisotopic (exact) mass is 331 g/mol. The third-order valence-electron chi connectivity index (χ3n) is 4.41. The summed E-state index contributed by atoms with van der Waals surface area (Å²) in [5.41, 5.74) is 8.47. The van der Waals surface area contributed by atoms with Crippen LogP contribution in [0.4, 0.5) is 5.00 Å². The molecule has 0 bridgehead atoms. The molecule has 1 aliphatic rings. The van der Waals surface area contributed by atoms with Crippen LogP contribution in [0.3, 0.4) is 0 Å². The van der Waals surface area contributed by atoms with Crippen LogP contribution in [0.5, 0.6) is 11.5 Å². The van der Waals surface area contributed by atoms with Crippen LogP contribution in [0, 0.1) is 5.92 Å². The number of para-hydroxylation sites is 1. The molecule has 0 aliphatic heterocycles. The van der Waals surface area contributed by atoms with Crippen molar-refractivity contribution >= 4 is 22.1 Å². The Balaban J connectivity index is 2.09. The third kappa shape index (κ3) is 2.70. The molecule has 1 aromatic heterocycles. The Morgan fingerprint density at radius 2 is 2.09 bits per heavy atom. The molecule has 1 atom stereocenters. The van der Waals surface area contributed by atoms with Crippen molar-refractivity contribution in [2.75, 3.05) is 20.0 Å². The third-order valence-corrected chi connectivity index (χ3v) is 5.50. The van der Waals surface area contributed by atoms with Gasteiger partial charge in [0.2, 0.25) is 0 Å². The van der Waals surface area contributed by atoms with Crippen LogP contribution < -0.4 is 15.2 Å². The maximum Gasteiger partial charge on any atom is 0.200 e. The predicted octanol–water partition coefficient (Wildman–Crippen LogP) is 3.70. The molecular formula is C18H21NO3S. The number of carbonyl (C=O) groups is 1. The fourth-order valence-corrected chi connectivity index (χ4v) is 4.50. The number of thiophene rings is 1. The lowest BCUT2D eigenvalue weighted by Crippen LogP contribution is -2.13. The van der Waals surface area contributed by atoms with Crippen LogP contribution in [-0.4, -0.2) is 20.0 Å². The number of nitrogen functional groups attached to an aromatic ring is 1. The summed E-state index contributed by atoms with van der Waals surface area (Å²) in [6.45, 7) is 2.24. The van der Waals surface area contributed by atoms with Gasteiger partial charge < -0.3 is 15.2 Å². The molecule has 4 nitrogen and oxygen atoms in total. The molecule has 1 aliphatic carbocycles. The zero-order valence-corrected chi connectivity index (χ0v) is 14.5. The van der Waals surface area contributed by atoms with Crippen molar-refractivity contribution in [1.82, 2.24) is 0 Å². The van der Waals surface area contributed by atoms with Gasteiger partial charge in [-0.15, -0.1) is 11.3 Å². The molecule has 2 aromatic rings. The van der Waals surface area contributed by atoms with Crippen molar-refractivity contribution in [3.8, 4) is 11.5 Å². The Kier molecular flexibility index (Phi) is 4.31. The zero-order valence-electron chi connectivity index (χ0n) is 13.6. The highest BCUT2D eigenvalue weighted by molar-refractivity contribution is 7.16. The van der Waals surface area contributed by atoms with E-state index < -0.39 is 0 Å². The molecule has 0 spiro atoms. The van der Waals surface area contributed by atoms with Gasteiger partial charge in [-0.05, 0) is 42.9 Å². The SMILES string of the molecule is COc1cccc(C(=O)c2c(N)sc3c2CC[C@H](C)C3)c1OC. The Hall–Kier alpha value is -2.01. The Labute approximate surface area is 140 Å². The van der Waals surface area contributed by atoms with Gasteiger partial charge in [-0.1, -0.05) is 13.0 Å². The molecule has 23 heavy (non-hydrogen) atoms. The van der Waals surface area contributed by atoms with E-state index in [1.807, 2.05) is 0 Å². The summed E-state index contributed by atoms with van der Waals surface area (Å²) < 4.78 is 10.7. The Morgan fingerprint density at radius 1 is 1.30 bits per heavy atom. The standard InChI is InChI=1S/C18H21NO3S/c1-10-7-8-11-14(9-10)23-18(19)15(11)16(20)12-5-4-6-13(21-2)17(12)22-3/h4-6,10H,7-9,19H2,1-3H3/t10-/m0/s1. The number of ether oxygens (including phenoxy) is 2. The first kappa shape index (κ1) is 15.9. The van der Waals surface area contributed by atoms with E-state index >= 15 is 0 Å². The van der Waals surface area contributed by atoms with Crippen molar-refractivity contribution in [3.05, 3.63) is 39.8 Å². The lowest BCUT2D eigenvalue weighted by atomic mass is 9.86. The van der Waals surface area contributed by atoms with Crippen LogP contribution in [-0.2, 0) is 12.8 Å². The average Bonchev–Trinajstić information content (AvgIpc) is 2.88. The van der Waals surface area contributed by atoms with E-state index in [9.17, 15) is 4.79 Å². The number of nitrogens with two attached hydrogens (primary N) is 1. The van der Waals surface area contributed by atoms with Gasteiger partial charge in [0.25, 0.3) is 0 Å². The Bertz CT molecular complexity index is 751. The normalized spacial score (nSPS) is 16.7. The van der Waals surface area contributed by atoms with Gasteiger partial charge in [-0.2, -0.15) is 0 Å². The second-order valence-corrected chi connectivity index (χ2v) is 7.10. The molecule has 2 N–H and O–H groups in total. The maximum atomic E-state index is 13.1. The summed E-state index contributed by atoms with van der Waals surface area (Å²) >= 11 is 1.55. The highest BCUT2D eigenvalue weighted by Gasteiger charge is 2.29. The van der Waals surface area contributed by atoms with Crippen LogP contribution in [0.2, 0.25) is 0 Å². The molecule has 122 valence electrons. The molecule has 1 heterocycles. The van der Waals surface area contributed by atoms with Gasteiger partial charge in [0.1, 0.15) is 0 Å². The first-order valence-corrected chi connectivity index (χ1v) is 8.54. The van der Waals surface area contributed by atoms with Gasteiger partial charge >= 0.3 is 0 Å². The van der Waals surface area contributed by atoms with Gasteiger partial charge in [-0.3, -0.25) is 4.79 Å². The van der Waals surface area contributed by atoms with Crippen LogP contribution in [0.15, 0.2) is 18.2 Å². The molecule has 5 heteroatoms. The number of carbonyl (C=O) groups excluding carboxylic acids is 1. The summed E-state index contributed by atoms with van der Waals surface area (Å²) in [5, 5.41) is 0.610. The van der Waals surface area contributed by atoms with Crippen LogP contribution >= 0.6 is 11.3 Å². The van der Waals surface area contributed by atoms with Gasteiger partial charge in [0, 0.05) is 4.88 Å². The second kappa shape index (κ2) is 6.24. The molecule has 3 rings (SSSR count). The number of ketones is 1. The van der Waals surface area contributed by atoms with Gasteiger partial charge in [0.15, 0.2) is 17.3 Å². The van der Waals surface area contributed by atoms with E-state index in [2.05, 4.69) is 6.92 Å². The number of methoxy groups -OCH3 is 2. The summed E-state index contributed by atoms with van der Waals surface area (Å²) in [7, 11) is 3.11. The topological polar surface area (TPSA) is 61.5 Å². The molecule has 0 saturated heterocycles. The summed E-state index contributed by atoms with van der Waals surface area (Å²) in [4.78, 5) is 14.4. The van der Waals surface area contributed by atoms with E-state index in [0.29, 0.717) is 33.5 Å². The summed E-state index contributed by atoms with van der Waals surface area (Å²) in [6.07, 6.45) is 3.02. The molecule has 0 fully saturated rings. The minimum absolute atomic E-state index is 0.0784. The highest BCUT2D eigenvalue weighted by atomic mass is 32.1. The van der Waals surface area contributed by atoms with Gasteiger partial charge in [0.05, 0.1) is 30.3 Å². The number of fused-ring (bicyclic) bond motifs is 1. The molecule has 1 aromatic carbocycles. The first-order chi connectivity index (χ1) is 11.1. The molecule has 0 amide bonds. The Morgan fingerprint density at radius 3 is 2.78 bits per heavy atom. The molecule has 0 saturated carbocycles. The smallest absolute Gasteiger partial charge is 0.200 e. The van der Waals surface area contributed by atoms with E-state index in [-0.39, 0.29) is 5.78 Å². The maximum absolute atomic E-state index is 13.1. The lowest BCUT2D eigenvalue weighted by molar-refractivity contribution is 0.103. The predicted molar refractivity (Wildman–Crippen MR) is 92.9 cm³/mol. The number of hydrogen-bond acceptors (Lipinski definition) is 5. The molecule has 0 unspecified atom stereocenters. The van der Waals surface area contributed by atoms with Crippen molar-refractivity contribution in [2.45, 2.75) is 26.2 Å². The summed E-state index contributed by atoms with van der Waals surface area (Å²) in [6, 6.07) is 5.34. The molecular weight excluding hydrogens is 310 g/mol. The highest BCUT2D eigenvalue weighted by Crippen LogP contribution is 2.41. The minimum atomic E-state index is -0.0784. The zero-order chi connectivity index (χ0) is 16.6. The van der Waals surface area contributed by atoms with Crippen LogP contribution in [0.1, 0.15) is 39.7 Å². The van der Waals surface area contributed by atoms with Gasteiger partial charge in [-0.25, -0.2) is 0 Å². The van der Waals surface area contributed by atoms with Crippen molar-refractivity contribution in [2.24, 2.45) is 5.92 Å². The van der Waals surface area contributed by atoms with E-state index in [0.717, 1.165) is 24.8 Å². The van der Waals surface area contributed by atoms with Crippen molar-refractivity contribution < 1.29 is 14.3 Å². The lowest BCUT2D eigenvalue weighted by Gasteiger charge is -2.19. The first-order valence-electron chi connectivity index (χ1n) is 7.72. The fraction of sp³-hybridized carbons (Fsp3) is 0.389. The van der Waals surface area contributed by atoms with E-state index in [4.69, 9.17) is 15.2 Å².